The number of aryl methyl sites for hydroxylation is 2. The number of urea groups is 1. The predicted octanol–water partition coefficient (Wildman–Crippen LogP) is 3.25. The average Bonchev–Trinajstić information content (AvgIpc) is 2.49. The van der Waals surface area contributed by atoms with Crippen LogP contribution in [0.2, 0.25) is 0 Å². The smallest absolute Gasteiger partial charge is 0.331 e. The van der Waals surface area contributed by atoms with E-state index in [4.69, 9.17) is 0 Å². The second-order valence-electron chi connectivity index (χ2n) is 6.39. The van der Waals surface area contributed by atoms with Crippen molar-refractivity contribution in [1.82, 2.24) is 15.1 Å². The van der Waals surface area contributed by atoms with E-state index >= 15 is 0 Å². The Kier molecular flexibility index (Phi) is 5.74. The molecule has 134 valence electrons. The maximum Gasteiger partial charge on any atom is 0.401 e. The molecule has 1 aliphatic rings. The molecule has 24 heavy (non-hydrogen) atoms. The molecule has 0 bridgehead atoms. The largest absolute Gasteiger partial charge is 0.401 e. The van der Waals surface area contributed by atoms with E-state index in [0.29, 0.717) is 13.1 Å². The lowest BCUT2D eigenvalue weighted by Crippen LogP contribution is -2.53. The van der Waals surface area contributed by atoms with Crippen molar-refractivity contribution in [2.75, 3.05) is 32.7 Å². The summed E-state index contributed by atoms with van der Waals surface area (Å²) in [6.45, 7) is 6.14. The lowest BCUT2D eigenvalue weighted by atomic mass is 10.0. The Hall–Kier alpha value is -1.76. The van der Waals surface area contributed by atoms with Gasteiger partial charge in [-0.05, 0) is 37.5 Å². The molecular weight excluding hydrogens is 319 g/mol. The molecule has 0 aromatic heterocycles. The number of halogens is 3. The summed E-state index contributed by atoms with van der Waals surface area (Å²) in [4.78, 5) is 15.2. The minimum Gasteiger partial charge on any atom is -0.331 e. The van der Waals surface area contributed by atoms with Gasteiger partial charge in [-0.25, -0.2) is 4.79 Å². The molecule has 2 rings (SSSR count). The third-order valence-corrected chi connectivity index (χ3v) is 4.43. The van der Waals surface area contributed by atoms with Gasteiger partial charge < -0.3 is 10.2 Å². The van der Waals surface area contributed by atoms with Crippen LogP contribution < -0.4 is 5.32 Å². The molecule has 4 nitrogen and oxygen atoms in total. The molecule has 1 saturated heterocycles. The van der Waals surface area contributed by atoms with Crippen molar-refractivity contribution in [3.8, 4) is 0 Å². The van der Waals surface area contributed by atoms with Crippen LogP contribution in [0.4, 0.5) is 18.0 Å². The van der Waals surface area contributed by atoms with Crippen molar-refractivity contribution in [3.63, 3.8) is 0 Å². The number of hydrogen-bond donors (Lipinski definition) is 1. The highest BCUT2D eigenvalue weighted by molar-refractivity contribution is 5.74. The summed E-state index contributed by atoms with van der Waals surface area (Å²) in [5.41, 5.74) is 3.37. The van der Waals surface area contributed by atoms with E-state index in [1.807, 2.05) is 39.0 Å². The Morgan fingerprint density at radius 3 is 2.33 bits per heavy atom. The molecule has 1 heterocycles. The molecule has 1 aromatic rings. The monoisotopic (exact) mass is 343 g/mol. The zero-order valence-corrected chi connectivity index (χ0v) is 14.3. The predicted molar refractivity (Wildman–Crippen MR) is 86.9 cm³/mol. The Morgan fingerprint density at radius 2 is 1.79 bits per heavy atom. The molecule has 1 N–H and O–H groups in total. The summed E-state index contributed by atoms with van der Waals surface area (Å²) < 4.78 is 37.1. The fraction of sp³-hybridized carbons (Fsp3) is 0.588. The van der Waals surface area contributed by atoms with Crippen LogP contribution in [0.5, 0.6) is 0 Å². The summed E-state index contributed by atoms with van der Waals surface area (Å²) in [5.74, 6) is 0. The maximum absolute atomic E-state index is 12.4. The summed E-state index contributed by atoms with van der Waals surface area (Å²) in [7, 11) is 0. The van der Waals surface area contributed by atoms with Crippen molar-refractivity contribution < 1.29 is 18.0 Å². The van der Waals surface area contributed by atoms with Crippen LogP contribution in [0.15, 0.2) is 18.2 Å². The van der Waals surface area contributed by atoms with Gasteiger partial charge in [0.1, 0.15) is 0 Å². The van der Waals surface area contributed by atoms with Crippen molar-refractivity contribution in [3.05, 3.63) is 34.9 Å². The van der Waals surface area contributed by atoms with Gasteiger partial charge in [-0.2, -0.15) is 13.2 Å². The molecule has 0 unspecified atom stereocenters. The average molecular weight is 343 g/mol. The quantitative estimate of drug-likeness (QED) is 0.914. The molecule has 0 radical (unpaired) electrons. The molecule has 1 aliphatic heterocycles. The number of carbonyl (C=O) groups is 1. The van der Waals surface area contributed by atoms with Crippen LogP contribution in [0.1, 0.15) is 29.7 Å². The van der Waals surface area contributed by atoms with Crippen LogP contribution in [0.3, 0.4) is 0 Å². The summed E-state index contributed by atoms with van der Waals surface area (Å²) in [6, 6.07) is 5.66. The Labute approximate surface area is 140 Å². The van der Waals surface area contributed by atoms with Gasteiger partial charge in [0, 0.05) is 26.2 Å². The zero-order chi connectivity index (χ0) is 17.9. The number of piperazine rings is 1. The first-order valence-electron chi connectivity index (χ1n) is 8.07. The summed E-state index contributed by atoms with van der Waals surface area (Å²) >= 11 is 0. The van der Waals surface area contributed by atoms with Gasteiger partial charge in [0.05, 0.1) is 12.6 Å². The molecule has 2 amide bonds. The second kappa shape index (κ2) is 7.42. The number of carbonyl (C=O) groups excluding carboxylic acids is 1. The van der Waals surface area contributed by atoms with Crippen LogP contribution in [0, 0.1) is 13.8 Å². The fourth-order valence-electron chi connectivity index (χ4n) is 2.76. The SMILES string of the molecule is Cc1ccc([C@H](C)NC(=O)N2CCN(CC(F)(F)F)CC2)cc1C. The van der Waals surface area contributed by atoms with E-state index in [2.05, 4.69) is 5.32 Å². The topological polar surface area (TPSA) is 35.6 Å². The van der Waals surface area contributed by atoms with Gasteiger partial charge in [0.25, 0.3) is 0 Å². The molecule has 0 spiro atoms. The lowest BCUT2D eigenvalue weighted by Gasteiger charge is -2.35. The van der Waals surface area contributed by atoms with Gasteiger partial charge in [-0.15, -0.1) is 0 Å². The number of benzene rings is 1. The van der Waals surface area contributed by atoms with Gasteiger partial charge in [0.15, 0.2) is 0 Å². The van der Waals surface area contributed by atoms with Crippen LogP contribution >= 0.6 is 0 Å². The molecule has 7 heteroatoms. The highest BCUT2D eigenvalue weighted by Gasteiger charge is 2.33. The Balaban J connectivity index is 1.86. The van der Waals surface area contributed by atoms with E-state index in [1.165, 1.54) is 10.5 Å². The highest BCUT2D eigenvalue weighted by atomic mass is 19.4. The first-order valence-corrected chi connectivity index (χ1v) is 8.07. The number of hydrogen-bond acceptors (Lipinski definition) is 2. The Bertz CT molecular complexity index is 581. The van der Waals surface area contributed by atoms with Crippen molar-refractivity contribution in [2.24, 2.45) is 0 Å². The van der Waals surface area contributed by atoms with E-state index in [-0.39, 0.29) is 25.2 Å². The van der Waals surface area contributed by atoms with Gasteiger partial charge in [0.2, 0.25) is 0 Å². The molecule has 1 atom stereocenters. The normalized spacial score (nSPS) is 17.7. The lowest BCUT2D eigenvalue weighted by molar-refractivity contribution is -0.148. The number of nitrogens with one attached hydrogen (secondary N) is 1. The van der Waals surface area contributed by atoms with Crippen molar-refractivity contribution in [1.29, 1.82) is 0 Å². The molecule has 1 aromatic carbocycles. The second-order valence-corrected chi connectivity index (χ2v) is 6.39. The van der Waals surface area contributed by atoms with Gasteiger partial charge in [-0.3, -0.25) is 4.90 Å². The van der Waals surface area contributed by atoms with Gasteiger partial charge >= 0.3 is 12.2 Å². The Morgan fingerprint density at radius 1 is 1.17 bits per heavy atom. The van der Waals surface area contributed by atoms with Crippen LogP contribution in [0.25, 0.3) is 0 Å². The summed E-state index contributed by atoms with van der Waals surface area (Å²) in [5, 5.41) is 2.92. The zero-order valence-electron chi connectivity index (χ0n) is 14.3. The summed E-state index contributed by atoms with van der Waals surface area (Å²) in [6.07, 6.45) is -4.19. The maximum atomic E-state index is 12.4. The highest BCUT2D eigenvalue weighted by Crippen LogP contribution is 2.19. The molecule has 0 aliphatic carbocycles. The minimum absolute atomic E-state index is 0.148. The molecule has 1 fully saturated rings. The number of amides is 2. The van der Waals surface area contributed by atoms with E-state index in [1.54, 1.807) is 4.90 Å². The van der Waals surface area contributed by atoms with Gasteiger partial charge in [-0.1, -0.05) is 18.2 Å². The minimum atomic E-state index is -4.19. The van der Waals surface area contributed by atoms with Crippen molar-refractivity contribution in [2.45, 2.75) is 33.0 Å². The molecule has 0 saturated carbocycles. The number of nitrogens with zero attached hydrogens (tertiary/aromatic N) is 2. The fourth-order valence-corrected chi connectivity index (χ4v) is 2.76. The molecular formula is C17H24F3N3O. The third-order valence-electron chi connectivity index (χ3n) is 4.43. The van der Waals surface area contributed by atoms with Crippen LogP contribution in [-0.2, 0) is 0 Å². The van der Waals surface area contributed by atoms with Crippen LogP contribution in [-0.4, -0.2) is 54.7 Å². The number of alkyl halides is 3. The first kappa shape index (κ1) is 18.6. The van der Waals surface area contributed by atoms with Crippen molar-refractivity contribution >= 4 is 6.03 Å². The van der Waals surface area contributed by atoms with E-state index in [0.717, 1.165) is 11.1 Å². The number of rotatable bonds is 3. The van der Waals surface area contributed by atoms with E-state index in [9.17, 15) is 18.0 Å². The van der Waals surface area contributed by atoms with E-state index < -0.39 is 12.7 Å². The third kappa shape index (κ3) is 5.12. The first-order chi connectivity index (χ1) is 11.2. The standard InChI is InChI=1S/C17H24F3N3O/c1-12-4-5-15(10-13(12)2)14(3)21-16(24)23-8-6-22(7-9-23)11-17(18,19)20/h4-5,10,14H,6-9,11H2,1-3H3,(H,21,24)/t14-/m0/s1.